The van der Waals surface area contributed by atoms with Crippen LogP contribution in [0.4, 0.5) is 0 Å². The van der Waals surface area contributed by atoms with Gasteiger partial charge in [0.25, 0.3) is 5.91 Å². The van der Waals surface area contributed by atoms with Crippen LogP contribution in [0.2, 0.25) is 0 Å². The highest BCUT2D eigenvalue weighted by molar-refractivity contribution is 5.93. The Kier molecular flexibility index (Phi) is 9.23. The monoisotopic (exact) mass is 388 g/mol. The molecule has 1 aromatic carbocycles. The van der Waals surface area contributed by atoms with Crippen LogP contribution < -0.4 is 10.6 Å². The molecule has 1 fully saturated rings. The molecule has 2 N–H and O–H groups in total. The predicted octanol–water partition coefficient (Wildman–Crippen LogP) is 1.08. The number of hydrogen-bond donors (Lipinski definition) is 2. The second-order valence-corrected chi connectivity index (χ2v) is 7.60. The molecule has 0 atom stereocenters. The van der Waals surface area contributed by atoms with Crippen molar-refractivity contribution in [2.24, 2.45) is 4.99 Å². The van der Waals surface area contributed by atoms with Crippen LogP contribution in [0.15, 0.2) is 29.3 Å². The van der Waals surface area contributed by atoms with Gasteiger partial charge in [-0.05, 0) is 57.2 Å². The minimum Gasteiger partial charge on any atom is -0.356 e. The largest absolute Gasteiger partial charge is 0.356 e. The number of nitrogens with one attached hydrogen (secondary N) is 2. The van der Waals surface area contributed by atoms with Gasteiger partial charge in [0.2, 0.25) is 0 Å². The molecule has 1 heterocycles. The second kappa shape index (κ2) is 11.7. The summed E-state index contributed by atoms with van der Waals surface area (Å²) in [6, 6.07) is 7.70. The van der Waals surface area contributed by atoms with E-state index < -0.39 is 0 Å². The van der Waals surface area contributed by atoms with Crippen molar-refractivity contribution < 1.29 is 4.79 Å². The standard InChI is InChI=1S/C21H36N6O/c1-22-21(23-11-5-13-27-14-6-12-26(4)15-16-27)24-17-18-7-9-19(10-8-18)20(28)25(2)3/h7-10H,5-6,11-17H2,1-4H3,(H2,22,23,24). The average Bonchev–Trinajstić information content (AvgIpc) is 2.91. The maximum Gasteiger partial charge on any atom is 0.253 e. The number of benzene rings is 1. The molecule has 0 spiro atoms. The summed E-state index contributed by atoms with van der Waals surface area (Å²) in [5.74, 6) is 0.831. The van der Waals surface area contributed by atoms with Crippen molar-refractivity contribution in [1.82, 2.24) is 25.3 Å². The van der Waals surface area contributed by atoms with E-state index in [9.17, 15) is 4.79 Å². The van der Waals surface area contributed by atoms with E-state index in [1.165, 1.54) is 19.5 Å². The van der Waals surface area contributed by atoms with Gasteiger partial charge in [0.15, 0.2) is 5.96 Å². The third-order valence-electron chi connectivity index (χ3n) is 5.05. The predicted molar refractivity (Wildman–Crippen MR) is 116 cm³/mol. The molecule has 2 rings (SSSR count). The SMILES string of the molecule is CN=C(NCCCN1CCCN(C)CC1)NCc1ccc(C(=O)N(C)C)cc1. The number of nitrogens with zero attached hydrogens (tertiary/aromatic N) is 4. The van der Waals surface area contributed by atoms with E-state index in [1.807, 2.05) is 24.3 Å². The fourth-order valence-corrected chi connectivity index (χ4v) is 3.26. The minimum atomic E-state index is 0.0213. The molecule has 1 aromatic rings. The zero-order valence-electron chi connectivity index (χ0n) is 17.9. The van der Waals surface area contributed by atoms with Crippen LogP contribution in [0.5, 0.6) is 0 Å². The highest BCUT2D eigenvalue weighted by atomic mass is 16.2. The van der Waals surface area contributed by atoms with Crippen LogP contribution >= 0.6 is 0 Å². The molecule has 0 unspecified atom stereocenters. The van der Waals surface area contributed by atoms with Crippen molar-refractivity contribution in [3.8, 4) is 0 Å². The minimum absolute atomic E-state index is 0.0213. The number of rotatable bonds is 7. The van der Waals surface area contributed by atoms with Crippen molar-refractivity contribution in [1.29, 1.82) is 0 Å². The normalized spacial score (nSPS) is 16.5. The van der Waals surface area contributed by atoms with E-state index in [0.717, 1.165) is 44.1 Å². The van der Waals surface area contributed by atoms with Gasteiger partial charge in [-0.1, -0.05) is 12.1 Å². The smallest absolute Gasteiger partial charge is 0.253 e. The molecule has 7 nitrogen and oxygen atoms in total. The van der Waals surface area contributed by atoms with Gasteiger partial charge < -0.3 is 25.3 Å². The van der Waals surface area contributed by atoms with Crippen LogP contribution in [0, 0.1) is 0 Å². The number of carbonyl (C=O) groups is 1. The van der Waals surface area contributed by atoms with Gasteiger partial charge in [-0.3, -0.25) is 9.79 Å². The first-order valence-corrected chi connectivity index (χ1v) is 10.2. The fraction of sp³-hybridized carbons (Fsp3) is 0.619. The van der Waals surface area contributed by atoms with E-state index in [-0.39, 0.29) is 5.91 Å². The van der Waals surface area contributed by atoms with E-state index in [0.29, 0.717) is 12.1 Å². The second-order valence-electron chi connectivity index (χ2n) is 7.60. The molecule has 1 amide bonds. The van der Waals surface area contributed by atoms with Crippen molar-refractivity contribution >= 4 is 11.9 Å². The van der Waals surface area contributed by atoms with Crippen LogP contribution in [-0.2, 0) is 6.54 Å². The van der Waals surface area contributed by atoms with E-state index >= 15 is 0 Å². The van der Waals surface area contributed by atoms with E-state index in [2.05, 4.69) is 32.5 Å². The van der Waals surface area contributed by atoms with Gasteiger partial charge in [0, 0.05) is 52.9 Å². The fourth-order valence-electron chi connectivity index (χ4n) is 3.26. The van der Waals surface area contributed by atoms with Crippen LogP contribution in [-0.4, -0.2) is 94.0 Å². The Balaban J connectivity index is 1.68. The molecule has 0 bridgehead atoms. The van der Waals surface area contributed by atoms with Gasteiger partial charge in [0.1, 0.15) is 0 Å². The number of likely N-dealkylation sites (N-methyl/N-ethyl adjacent to an activating group) is 1. The number of guanidine groups is 1. The summed E-state index contributed by atoms with van der Waals surface area (Å²) in [5.41, 5.74) is 1.82. The Morgan fingerprint density at radius 1 is 1.11 bits per heavy atom. The number of carbonyl (C=O) groups excluding carboxylic acids is 1. The molecule has 156 valence electrons. The third-order valence-corrected chi connectivity index (χ3v) is 5.05. The van der Waals surface area contributed by atoms with Crippen LogP contribution in [0.3, 0.4) is 0 Å². The third kappa shape index (κ3) is 7.48. The zero-order valence-corrected chi connectivity index (χ0v) is 17.9. The van der Waals surface area contributed by atoms with Crippen molar-refractivity contribution in [2.45, 2.75) is 19.4 Å². The van der Waals surface area contributed by atoms with Gasteiger partial charge in [-0.25, -0.2) is 0 Å². The number of aliphatic imine (C=N–C) groups is 1. The molecule has 0 aromatic heterocycles. The lowest BCUT2D eigenvalue weighted by Crippen LogP contribution is -2.38. The summed E-state index contributed by atoms with van der Waals surface area (Å²) >= 11 is 0. The lowest BCUT2D eigenvalue weighted by Gasteiger charge is -2.20. The highest BCUT2D eigenvalue weighted by Crippen LogP contribution is 2.06. The van der Waals surface area contributed by atoms with E-state index in [1.54, 1.807) is 26.0 Å². The Morgan fingerprint density at radius 2 is 1.86 bits per heavy atom. The number of hydrogen-bond acceptors (Lipinski definition) is 4. The van der Waals surface area contributed by atoms with Gasteiger partial charge in [-0.15, -0.1) is 0 Å². The summed E-state index contributed by atoms with van der Waals surface area (Å²) < 4.78 is 0. The van der Waals surface area contributed by atoms with E-state index in [4.69, 9.17) is 0 Å². The molecule has 0 radical (unpaired) electrons. The Morgan fingerprint density at radius 3 is 2.54 bits per heavy atom. The maximum absolute atomic E-state index is 11.9. The first-order valence-electron chi connectivity index (χ1n) is 10.2. The maximum atomic E-state index is 11.9. The lowest BCUT2D eigenvalue weighted by molar-refractivity contribution is 0.0827. The molecule has 1 aliphatic heterocycles. The van der Waals surface area contributed by atoms with Gasteiger partial charge in [0.05, 0.1) is 0 Å². The molecular weight excluding hydrogens is 352 g/mol. The molecule has 1 saturated heterocycles. The van der Waals surface area contributed by atoms with Crippen LogP contribution in [0.1, 0.15) is 28.8 Å². The summed E-state index contributed by atoms with van der Waals surface area (Å²) in [6.45, 7) is 7.43. The average molecular weight is 389 g/mol. The molecule has 0 saturated carbocycles. The van der Waals surface area contributed by atoms with Gasteiger partial charge in [-0.2, -0.15) is 0 Å². The Bertz CT molecular complexity index is 628. The lowest BCUT2D eigenvalue weighted by atomic mass is 10.1. The Labute approximate surface area is 169 Å². The molecule has 1 aliphatic rings. The quantitative estimate of drug-likeness (QED) is 0.416. The van der Waals surface area contributed by atoms with Crippen molar-refractivity contribution in [3.05, 3.63) is 35.4 Å². The van der Waals surface area contributed by atoms with Crippen LogP contribution in [0.25, 0.3) is 0 Å². The molecule has 28 heavy (non-hydrogen) atoms. The molecular formula is C21H36N6O. The topological polar surface area (TPSA) is 63.2 Å². The Hall–Kier alpha value is -2.12. The van der Waals surface area contributed by atoms with Gasteiger partial charge >= 0.3 is 0 Å². The van der Waals surface area contributed by atoms with Crippen molar-refractivity contribution in [3.63, 3.8) is 0 Å². The first kappa shape index (κ1) is 22.2. The summed E-state index contributed by atoms with van der Waals surface area (Å²) in [7, 11) is 7.52. The molecule has 0 aliphatic carbocycles. The summed E-state index contributed by atoms with van der Waals surface area (Å²) in [6.07, 6.45) is 2.36. The summed E-state index contributed by atoms with van der Waals surface area (Å²) in [4.78, 5) is 22.8. The highest BCUT2D eigenvalue weighted by Gasteiger charge is 2.11. The van der Waals surface area contributed by atoms with Crippen molar-refractivity contribution in [2.75, 3.05) is 67.5 Å². The number of amides is 1. The first-order chi connectivity index (χ1) is 13.5. The summed E-state index contributed by atoms with van der Waals surface area (Å²) in [5, 5.41) is 6.72. The zero-order chi connectivity index (χ0) is 20.4. The molecule has 7 heteroatoms.